The molecule has 3 nitrogen and oxygen atoms in total. The standard InChI is InChI=1S/C16H9Cl3F2N2O/c17-10-7-9-1-6-14(23-15(9)13(18)8-10)22-11-2-4-12(5-3-11)24-16(19,20)21/h1-8H,(H,22,23). The van der Waals surface area contributed by atoms with Gasteiger partial charge in [0.1, 0.15) is 11.6 Å². The van der Waals surface area contributed by atoms with Gasteiger partial charge in [0.05, 0.1) is 10.5 Å². The Bertz CT molecular complexity index is 883. The van der Waals surface area contributed by atoms with Crippen LogP contribution in [0.15, 0.2) is 48.5 Å². The van der Waals surface area contributed by atoms with E-state index >= 15 is 0 Å². The van der Waals surface area contributed by atoms with Crippen molar-refractivity contribution < 1.29 is 13.5 Å². The normalized spacial score (nSPS) is 11.5. The molecule has 3 aromatic rings. The molecule has 0 amide bonds. The summed E-state index contributed by atoms with van der Waals surface area (Å²) in [6.07, 6.45) is 0. The van der Waals surface area contributed by atoms with Gasteiger partial charge in [-0.15, -0.1) is 8.78 Å². The molecule has 2 aromatic carbocycles. The molecule has 0 saturated carbocycles. The summed E-state index contributed by atoms with van der Waals surface area (Å²) in [6, 6.07) is 12.8. The zero-order valence-corrected chi connectivity index (χ0v) is 14.1. The molecule has 0 atom stereocenters. The lowest BCUT2D eigenvalue weighted by molar-refractivity contribution is -0.0964. The number of aromatic nitrogens is 1. The fourth-order valence-corrected chi connectivity index (χ4v) is 2.76. The maximum Gasteiger partial charge on any atom is 0.487 e. The van der Waals surface area contributed by atoms with Crippen LogP contribution in [0, 0.1) is 0 Å². The van der Waals surface area contributed by atoms with Gasteiger partial charge in [-0.05, 0) is 48.5 Å². The van der Waals surface area contributed by atoms with Gasteiger partial charge in [0.15, 0.2) is 0 Å². The maximum absolute atomic E-state index is 12.6. The first-order valence-corrected chi connectivity index (χ1v) is 7.82. The van der Waals surface area contributed by atoms with E-state index in [2.05, 4.69) is 15.0 Å². The van der Waals surface area contributed by atoms with E-state index in [1.165, 1.54) is 12.1 Å². The number of rotatable bonds is 4. The summed E-state index contributed by atoms with van der Waals surface area (Å²) in [5.41, 5.74) is -2.50. The minimum absolute atomic E-state index is 0.0512. The zero-order chi connectivity index (χ0) is 17.3. The highest BCUT2D eigenvalue weighted by atomic mass is 35.5. The molecule has 0 aliphatic heterocycles. The zero-order valence-electron chi connectivity index (χ0n) is 11.9. The Morgan fingerprint density at radius 1 is 1.00 bits per heavy atom. The van der Waals surface area contributed by atoms with Crippen LogP contribution < -0.4 is 10.1 Å². The number of pyridine rings is 1. The Morgan fingerprint density at radius 3 is 2.38 bits per heavy atom. The number of nitrogens with zero attached hydrogens (tertiary/aromatic N) is 1. The number of hydrogen-bond acceptors (Lipinski definition) is 3. The van der Waals surface area contributed by atoms with E-state index in [0.717, 1.165) is 5.39 Å². The monoisotopic (exact) mass is 388 g/mol. The SMILES string of the molecule is FC(F)(Cl)Oc1ccc(Nc2ccc3cc(Cl)cc(Cl)c3n2)cc1. The van der Waals surface area contributed by atoms with E-state index in [1.807, 2.05) is 6.07 Å². The molecular formula is C16H9Cl3F2N2O. The third-order valence-corrected chi connectivity index (χ3v) is 3.65. The molecule has 0 saturated heterocycles. The van der Waals surface area contributed by atoms with Gasteiger partial charge in [0.25, 0.3) is 0 Å². The summed E-state index contributed by atoms with van der Waals surface area (Å²) in [4.78, 5) is 4.42. The molecule has 24 heavy (non-hydrogen) atoms. The van der Waals surface area contributed by atoms with Crippen molar-refractivity contribution in [3.8, 4) is 5.75 Å². The van der Waals surface area contributed by atoms with Crippen molar-refractivity contribution in [3.63, 3.8) is 0 Å². The van der Waals surface area contributed by atoms with Crippen LogP contribution in [0.25, 0.3) is 10.9 Å². The molecule has 1 aromatic heterocycles. The Hall–Kier alpha value is -1.82. The summed E-state index contributed by atoms with van der Waals surface area (Å²) in [5.74, 6) is 0.493. The lowest BCUT2D eigenvalue weighted by Gasteiger charge is -2.11. The number of anilines is 2. The van der Waals surface area contributed by atoms with Crippen molar-refractivity contribution >= 4 is 57.2 Å². The molecule has 0 bridgehead atoms. The lowest BCUT2D eigenvalue weighted by Crippen LogP contribution is -2.15. The molecule has 1 heterocycles. The van der Waals surface area contributed by atoms with Crippen LogP contribution in [0.5, 0.6) is 5.75 Å². The van der Waals surface area contributed by atoms with Crippen molar-refractivity contribution in [2.24, 2.45) is 0 Å². The summed E-state index contributed by atoms with van der Waals surface area (Å²) in [7, 11) is 0. The van der Waals surface area contributed by atoms with Crippen LogP contribution in [0.1, 0.15) is 0 Å². The average Bonchev–Trinajstić information content (AvgIpc) is 2.48. The van der Waals surface area contributed by atoms with Crippen LogP contribution in [0.2, 0.25) is 10.0 Å². The van der Waals surface area contributed by atoms with Gasteiger partial charge >= 0.3 is 5.57 Å². The average molecular weight is 390 g/mol. The highest BCUT2D eigenvalue weighted by Crippen LogP contribution is 2.29. The van der Waals surface area contributed by atoms with Crippen LogP contribution >= 0.6 is 34.8 Å². The maximum atomic E-state index is 12.6. The fourth-order valence-electron chi connectivity index (χ4n) is 2.11. The van der Waals surface area contributed by atoms with Gasteiger partial charge in [0.2, 0.25) is 0 Å². The van der Waals surface area contributed by atoms with E-state index in [4.69, 9.17) is 34.8 Å². The van der Waals surface area contributed by atoms with Crippen molar-refractivity contribution in [2.75, 3.05) is 5.32 Å². The first-order chi connectivity index (χ1) is 11.3. The van der Waals surface area contributed by atoms with Gasteiger partial charge in [-0.1, -0.05) is 23.2 Å². The highest BCUT2D eigenvalue weighted by Gasteiger charge is 2.27. The number of hydrogen-bond donors (Lipinski definition) is 1. The molecule has 0 aliphatic rings. The third-order valence-electron chi connectivity index (χ3n) is 3.07. The van der Waals surface area contributed by atoms with E-state index in [9.17, 15) is 8.78 Å². The molecule has 0 spiro atoms. The van der Waals surface area contributed by atoms with Crippen LogP contribution in [-0.2, 0) is 0 Å². The number of benzene rings is 2. The number of halogens is 5. The molecule has 3 rings (SSSR count). The summed E-state index contributed by atoms with van der Waals surface area (Å²) < 4.78 is 29.4. The van der Waals surface area contributed by atoms with Gasteiger partial charge in [-0.2, -0.15) is 0 Å². The molecule has 0 aliphatic carbocycles. The van der Waals surface area contributed by atoms with Gasteiger partial charge < -0.3 is 10.1 Å². The second-order valence-electron chi connectivity index (χ2n) is 4.85. The molecule has 0 fully saturated rings. The third kappa shape index (κ3) is 4.17. The van der Waals surface area contributed by atoms with Gasteiger partial charge in [0, 0.05) is 27.7 Å². The van der Waals surface area contributed by atoms with E-state index in [0.29, 0.717) is 27.1 Å². The first-order valence-electron chi connectivity index (χ1n) is 6.69. The number of ether oxygens (including phenoxy) is 1. The van der Waals surface area contributed by atoms with Crippen molar-refractivity contribution in [2.45, 2.75) is 5.57 Å². The second kappa shape index (κ2) is 6.59. The minimum Gasteiger partial charge on any atom is -0.420 e. The number of alkyl halides is 3. The number of fused-ring (bicyclic) bond motifs is 1. The molecule has 1 N–H and O–H groups in total. The van der Waals surface area contributed by atoms with Crippen LogP contribution in [0.4, 0.5) is 20.3 Å². The number of nitrogens with one attached hydrogen (secondary N) is 1. The predicted molar refractivity (Wildman–Crippen MR) is 92.9 cm³/mol. The van der Waals surface area contributed by atoms with Gasteiger partial charge in [-0.3, -0.25) is 0 Å². The molecular weight excluding hydrogens is 381 g/mol. The Balaban J connectivity index is 1.82. The van der Waals surface area contributed by atoms with E-state index in [-0.39, 0.29) is 5.75 Å². The molecule has 0 unspecified atom stereocenters. The van der Waals surface area contributed by atoms with Gasteiger partial charge in [-0.25, -0.2) is 4.98 Å². The summed E-state index contributed by atoms with van der Waals surface area (Å²) >= 11 is 16.8. The molecule has 124 valence electrons. The minimum atomic E-state index is -3.74. The van der Waals surface area contributed by atoms with Crippen LogP contribution in [-0.4, -0.2) is 10.6 Å². The summed E-state index contributed by atoms with van der Waals surface area (Å²) in [5, 5.41) is 4.83. The molecule has 0 radical (unpaired) electrons. The Kier molecular flexibility index (Phi) is 4.67. The summed E-state index contributed by atoms with van der Waals surface area (Å²) in [6.45, 7) is 0. The van der Waals surface area contributed by atoms with E-state index < -0.39 is 5.57 Å². The topological polar surface area (TPSA) is 34.1 Å². The highest BCUT2D eigenvalue weighted by molar-refractivity contribution is 6.38. The predicted octanol–water partition coefficient (Wildman–Crippen LogP) is 6.45. The Labute approximate surface area is 151 Å². The van der Waals surface area contributed by atoms with Crippen molar-refractivity contribution in [1.29, 1.82) is 0 Å². The fraction of sp³-hybridized carbons (Fsp3) is 0.0625. The lowest BCUT2D eigenvalue weighted by atomic mass is 10.2. The Morgan fingerprint density at radius 2 is 1.71 bits per heavy atom. The van der Waals surface area contributed by atoms with Crippen LogP contribution in [0.3, 0.4) is 0 Å². The largest absolute Gasteiger partial charge is 0.487 e. The second-order valence-corrected chi connectivity index (χ2v) is 6.14. The van der Waals surface area contributed by atoms with E-state index in [1.54, 1.807) is 30.3 Å². The van der Waals surface area contributed by atoms with Crippen molar-refractivity contribution in [3.05, 3.63) is 58.6 Å². The smallest absolute Gasteiger partial charge is 0.420 e. The molecule has 8 heteroatoms. The quantitative estimate of drug-likeness (QED) is 0.520. The first kappa shape index (κ1) is 17.0. The van der Waals surface area contributed by atoms with Crippen molar-refractivity contribution in [1.82, 2.24) is 4.98 Å².